The van der Waals surface area contributed by atoms with E-state index in [1.54, 1.807) is 0 Å². The Balaban J connectivity index is 2.75. The summed E-state index contributed by atoms with van der Waals surface area (Å²) in [5, 5.41) is 0. The van der Waals surface area contributed by atoms with E-state index in [0.29, 0.717) is 6.61 Å². The predicted molar refractivity (Wildman–Crippen MR) is 68.7 cm³/mol. The molecule has 1 unspecified atom stereocenters. The summed E-state index contributed by atoms with van der Waals surface area (Å²) in [5.74, 6) is 0. The summed E-state index contributed by atoms with van der Waals surface area (Å²) in [4.78, 5) is 0. The van der Waals surface area contributed by atoms with Crippen LogP contribution in [0.1, 0.15) is 41.6 Å². The number of ether oxygens (including phenoxy) is 1. The molecule has 0 radical (unpaired) electrons. The number of hydrogen-bond acceptors (Lipinski definition) is 2. The van der Waals surface area contributed by atoms with Crippen molar-refractivity contribution in [1.82, 2.24) is 0 Å². The highest BCUT2D eigenvalue weighted by atomic mass is 16.5. The van der Waals surface area contributed by atoms with Crippen molar-refractivity contribution in [2.75, 3.05) is 13.2 Å². The van der Waals surface area contributed by atoms with E-state index in [0.717, 1.165) is 13.0 Å². The van der Waals surface area contributed by atoms with Crippen LogP contribution in [0.3, 0.4) is 0 Å². The third kappa shape index (κ3) is 3.32. The zero-order chi connectivity index (χ0) is 12.1. The monoisotopic (exact) mass is 221 g/mol. The van der Waals surface area contributed by atoms with Gasteiger partial charge in [-0.15, -0.1) is 0 Å². The first-order valence-corrected chi connectivity index (χ1v) is 5.97. The molecule has 2 N–H and O–H groups in total. The summed E-state index contributed by atoms with van der Waals surface area (Å²) in [5.41, 5.74) is 11.2. The Bertz CT molecular complexity index is 347. The van der Waals surface area contributed by atoms with E-state index in [1.165, 1.54) is 22.3 Å². The van der Waals surface area contributed by atoms with Gasteiger partial charge in [-0.05, 0) is 49.4 Å². The first kappa shape index (κ1) is 13.2. The summed E-state index contributed by atoms with van der Waals surface area (Å²) in [6.45, 7) is 9.87. The fourth-order valence-electron chi connectivity index (χ4n) is 1.83. The first-order valence-electron chi connectivity index (χ1n) is 5.97. The summed E-state index contributed by atoms with van der Waals surface area (Å²) in [6, 6.07) is 4.38. The Labute approximate surface area is 98.8 Å². The number of aryl methyl sites for hydroxylation is 3. The molecule has 0 aromatic heterocycles. The topological polar surface area (TPSA) is 35.2 Å². The van der Waals surface area contributed by atoms with Crippen LogP contribution in [0, 0.1) is 20.8 Å². The molecule has 0 spiro atoms. The van der Waals surface area contributed by atoms with E-state index in [2.05, 4.69) is 39.8 Å². The van der Waals surface area contributed by atoms with Gasteiger partial charge in [-0.3, -0.25) is 0 Å². The van der Waals surface area contributed by atoms with Crippen LogP contribution in [0.25, 0.3) is 0 Å². The van der Waals surface area contributed by atoms with Crippen LogP contribution in [0.5, 0.6) is 0 Å². The highest BCUT2D eigenvalue weighted by Gasteiger charge is 2.10. The van der Waals surface area contributed by atoms with Gasteiger partial charge >= 0.3 is 0 Å². The molecule has 2 nitrogen and oxygen atoms in total. The van der Waals surface area contributed by atoms with Crippen molar-refractivity contribution in [3.63, 3.8) is 0 Å². The van der Waals surface area contributed by atoms with Crippen LogP contribution in [0.15, 0.2) is 12.1 Å². The van der Waals surface area contributed by atoms with Gasteiger partial charge in [-0.1, -0.05) is 19.1 Å². The van der Waals surface area contributed by atoms with Crippen LogP contribution >= 0.6 is 0 Å². The van der Waals surface area contributed by atoms with Crippen molar-refractivity contribution in [3.05, 3.63) is 34.4 Å². The maximum atomic E-state index is 6.13. The van der Waals surface area contributed by atoms with Crippen LogP contribution in [0.2, 0.25) is 0 Å². The molecule has 0 aliphatic heterocycles. The summed E-state index contributed by atoms with van der Waals surface area (Å²) < 4.78 is 5.50. The van der Waals surface area contributed by atoms with E-state index < -0.39 is 0 Å². The van der Waals surface area contributed by atoms with Crippen molar-refractivity contribution in [2.24, 2.45) is 5.73 Å². The smallest absolute Gasteiger partial charge is 0.0659 e. The molecule has 0 bridgehead atoms. The lowest BCUT2D eigenvalue weighted by Gasteiger charge is -2.16. The summed E-state index contributed by atoms with van der Waals surface area (Å²) in [7, 11) is 0. The maximum Gasteiger partial charge on any atom is 0.0659 e. The van der Waals surface area contributed by atoms with Gasteiger partial charge in [0.25, 0.3) is 0 Å². The standard InChI is InChI=1S/C14H23NO/c1-5-6-16-9-14(15)13-8-11(3)10(2)7-12(13)4/h7-8,14H,5-6,9,15H2,1-4H3. The number of nitrogens with two attached hydrogens (primary N) is 1. The summed E-state index contributed by atoms with van der Waals surface area (Å²) >= 11 is 0. The van der Waals surface area contributed by atoms with E-state index >= 15 is 0 Å². The molecule has 0 saturated heterocycles. The average Bonchev–Trinajstić information content (AvgIpc) is 2.23. The number of hydrogen-bond donors (Lipinski definition) is 1. The third-order valence-electron chi connectivity index (χ3n) is 2.93. The van der Waals surface area contributed by atoms with E-state index in [9.17, 15) is 0 Å². The van der Waals surface area contributed by atoms with Gasteiger partial charge in [0.1, 0.15) is 0 Å². The van der Waals surface area contributed by atoms with Crippen molar-refractivity contribution >= 4 is 0 Å². The fourth-order valence-corrected chi connectivity index (χ4v) is 1.83. The van der Waals surface area contributed by atoms with Crippen molar-refractivity contribution in [2.45, 2.75) is 40.2 Å². The largest absolute Gasteiger partial charge is 0.379 e. The van der Waals surface area contributed by atoms with Gasteiger partial charge in [-0.25, -0.2) is 0 Å². The fraction of sp³-hybridized carbons (Fsp3) is 0.571. The van der Waals surface area contributed by atoms with Crippen LogP contribution in [-0.2, 0) is 4.74 Å². The maximum absolute atomic E-state index is 6.13. The third-order valence-corrected chi connectivity index (χ3v) is 2.93. The number of rotatable bonds is 5. The van der Waals surface area contributed by atoms with Crippen LogP contribution in [-0.4, -0.2) is 13.2 Å². The molecule has 0 aliphatic carbocycles. The zero-order valence-corrected chi connectivity index (χ0v) is 10.8. The molecular weight excluding hydrogens is 198 g/mol. The molecule has 16 heavy (non-hydrogen) atoms. The zero-order valence-electron chi connectivity index (χ0n) is 10.8. The number of benzene rings is 1. The van der Waals surface area contributed by atoms with Crippen molar-refractivity contribution in [3.8, 4) is 0 Å². The van der Waals surface area contributed by atoms with Gasteiger partial charge < -0.3 is 10.5 Å². The van der Waals surface area contributed by atoms with Gasteiger partial charge in [0.05, 0.1) is 12.6 Å². The normalized spacial score (nSPS) is 12.8. The predicted octanol–water partition coefficient (Wildman–Crippen LogP) is 3.04. The second-order valence-corrected chi connectivity index (χ2v) is 4.47. The van der Waals surface area contributed by atoms with E-state index in [1.807, 2.05) is 0 Å². The lowest BCUT2D eigenvalue weighted by molar-refractivity contribution is 0.121. The van der Waals surface area contributed by atoms with E-state index in [4.69, 9.17) is 10.5 Å². The summed E-state index contributed by atoms with van der Waals surface area (Å²) in [6.07, 6.45) is 1.04. The van der Waals surface area contributed by atoms with E-state index in [-0.39, 0.29) is 6.04 Å². The molecule has 1 rings (SSSR count). The highest BCUT2D eigenvalue weighted by molar-refractivity contribution is 5.38. The second-order valence-electron chi connectivity index (χ2n) is 4.47. The van der Waals surface area contributed by atoms with Gasteiger partial charge in [0.15, 0.2) is 0 Å². The molecule has 0 fully saturated rings. The molecule has 1 atom stereocenters. The molecule has 90 valence electrons. The van der Waals surface area contributed by atoms with Crippen LogP contribution in [0.4, 0.5) is 0 Å². The lowest BCUT2D eigenvalue weighted by atomic mass is 9.96. The molecule has 2 heteroatoms. The van der Waals surface area contributed by atoms with Crippen molar-refractivity contribution < 1.29 is 4.74 Å². The Kier molecular flexibility index (Phi) is 4.97. The molecule has 0 saturated carbocycles. The molecule has 0 heterocycles. The Hall–Kier alpha value is -0.860. The van der Waals surface area contributed by atoms with Gasteiger partial charge in [0.2, 0.25) is 0 Å². The minimum absolute atomic E-state index is 0.00847. The molecule has 1 aromatic carbocycles. The average molecular weight is 221 g/mol. The molecule has 1 aromatic rings. The Morgan fingerprint density at radius 2 is 1.75 bits per heavy atom. The Morgan fingerprint density at radius 1 is 1.12 bits per heavy atom. The van der Waals surface area contributed by atoms with Gasteiger partial charge in [-0.2, -0.15) is 0 Å². The van der Waals surface area contributed by atoms with Crippen molar-refractivity contribution in [1.29, 1.82) is 0 Å². The minimum Gasteiger partial charge on any atom is -0.379 e. The minimum atomic E-state index is -0.00847. The molecule has 0 aliphatic rings. The highest BCUT2D eigenvalue weighted by Crippen LogP contribution is 2.20. The Morgan fingerprint density at radius 3 is 2.38 bits per heavy atom. The second kappa shape index (κ2) is 6.02. The molecule has 0 amide bonds. The quantitative estimate of drug-likeness (QED) is 0.776. The van der Waals surface area contributed by atoms with Crippen LogP contribution < -0.4 is 5.73 Å². The first-order chi connectivity index (χ1) is 7.56. The lowest BCUT2D eigenvalue weighted by Crippen LogP contribution is -2.18. The molecular formula is C14H23NO. The van der Waals surface area contributed by atoms with Gasteiger partial charge in [0, 0.05) is 6.61 Å². The SMILES string of the molecule is CCCOCC(N)c1cc(C)c(C)cc1C.